The summed E-state index contributed by atoms with van der Waals surface area (Å²) in [4.78, 5) is 167. The lowest BCUT2D eigenvalue weighted by atomic mass is 10.0. The van der Waals surface area contributed by atoms with E-state index in [2.05, 4.69) is 62.1 Å². The van der Waals surface area contributed by atoms with Gasteiger partial charge in [-0.25, -0.2) is 14.8 Å². The molecule has 5 heterocycles. The second-order valence-electron chi connectivity index (χ2n) is 20.2. The van der Waals surface area contributed by atoms with Gasteiger partial charge in [0, 0.05) is 73.2 Å². The van der Waals surface area contributed by atoms with Crippen LogP contribution in [0.1, 0.15) is 69.8 Å². The Hall–Kier alpha value is -8.81. The van der Waals surface area contributed by atoms with Crippen LogP contribution in [0.15, 0.2) is 55.5 Å². The average Bonchev–Trinajstić information content (AvgIpc) is 4.38. The number of nitrogens with two attached hydrogens (primary N) is 1. The lowest BCUT2D eigenvalue weighted by Gasteiger charge is -2.31. The number of hydrogen-bond donors (Lipinski definition) is 16. The van der Waals surface area contributed by atoms with E-state index in [-0.39, 0.29) is 50.9 Å². The van der Waals surface area contributed by atoms with Gasteiger partial charge < -0.3 is 93.2 Å². The number of aliphatic hydroxyl groups is 3. The van der Waals surface area contributed by atoms with Gasteiger partial charge in [0.1, 0.15) is 54.4 Å². The van der Waals surface area contributed by atoms with Crippen molar-refractivity contribution in [2.45, 2.75) is 145 Å². The summed E-state index contributed by atoms with van der Waals surface area (Å²) in [5, 5.41) is 67.9. The molecule has 0 aliphatic carbocycles. The summed E-state index contributed by atoms with van der Waals surface area (Å²) in [5.41, 5.74) is 7.60. The summed E-state index contributed by atoms with van der Waals surface area (Å²) in [6.07, 6.45) is 3.30. The van der Waals surface area contributed by atoms with Crippen LogP contribution in [0.2, 0.25) is 0 Å². The topological polar surface area (TPSA) is 479 Å². The molecule has 82 heavy (non-hydrogen) atoms. The van der Waals surface area contributed by atoms with E-state index in [1.807, 2.05) is 24.3 Å². The number of para-hydroxylation sites is 1. The molecule has 0 saturated carbocycles. The molecule has 4 aromatic rings. The van der Waals surface area contributed by atoms with Crippen molar-refractivity contribution in [3.05, 3.63) is 72.5 Å². The van der Waals surface area contributed by atoms with E-state index in [0.29, 0.717) is 24.1 Å². The average molecular weight is 1150 g/mol. The van der Waals surface area contributed by atoms with Crippen LogP contribution in [0.5, 0.6) is 0 Å². The largest absolute Gasteiger partial charge is 0.481 e. The Morgan fingerprint density at radius 3 is 1.65 bits per heavy atom. The van der Waals surface area contributed by atoms with Gasteiger partial charge in [-0.1, -0.05) is 18.2 Å². The zero-order chi connectivity index (χ0) is 59.9. The number of H-pyrrole nitrogens is 3. The molecule has 2 fully saturated rings. The zero-order valence-corrected chi connectivity index (χ0v) is 45.0. The van der Waals surface area contributed by atoms with Crippen LogP contribution in [0.4, 0.5) is 0 Å². The third-order valence-electron chi connectivity index (χ3n) is 14.0. The molecular weight excluding hydrogens is 1080 g/mol. The fourth-order valence-corrected chi connectivity index (χ4v) is 9.65. The van der Waals surface area contributed by atoms with Gasteiger partial charge in [0.05, 0.1) is 43.9 Å². The van der Waals surface area contributed by atoms with Gasteiger partial charge in [-0.15, -0.1) is 0 Å². The molecule has 2 aliphatic heterocycles. The third kappa shape index (κ3) is 16.2. The van der Waals surface area contributed by atoms with E-state index < -0.39 is 151 Å². The maximum Gasteiger partial charge on any atom is 0.326 e. The van der Waals surface area contributed by atoms with Crippen LogP contribution in [0, 0.1) is 0 Å². The zero-order valence-electron chi connectivity index (χ0n) is 45.0. The summed E-state index contributed by atoms with van der Waals surface area (Å²) in [6, 6.07) is -7.75. The van der Waals surface area contributed by atoms with Gasteiger partial charge in [0.15, 0.2) is 0 Å². The van der Waals surface area contributed by atoms with Crippen LogP contribution in [-0.4, -0.2) is 218 Å². The highest BCUT2D eigenvalue weighted by atomic mass is 16.4. The molecule has 444 valence electrons. The minimum Gasteiger partial charge on any atom is -0.481 e. The Morgan fingerprint density at radius 1 is 0.622 bits per heavy atom. The van der Waals surface area contributed by atoms with Gasteiger partial charge in [0.25, 0.3) is 0 Å². The van der Waals surface area contributed by atoms with Crippen molar-refractivity contribution in [2.75, 3.05) is 19.7 Å². The van der Waals surface area contributed by atoms with Crippen LogP contribution in [0.3, 0.4) is 0 Å². The van der Waals surface area contributed by atoms with Crippen molar-refractivity contribution in [3.8, 4) is 0 Å². The second-order valence-corrected chi connectivity index (χ2v) is 20.2. The molecule has 0 radical (unpaired) electrons. The van der Waals surface area contributed by atoms with E-state index in [1.165, 1.54) is 41.8 Å². The first-order valence-corrected chi connectivity index (χ1v) is 26.4. The molecule has 2 aliphatic rings. The SMILES string of the molecule is C[C@H](NC(=O)[C@H](Cc1cnc[nH]1)NC(=O)[C@@H](NC(=O)[C@H](Cc1cnc[nH]1)NC(=O)[C@@H](NC(=O)[C@H](CO)NC(=O)[C@@H](N)CC(=O)O)[C@@H](C)O)[C@@H](C)O)C(=O)N1CCC[C@H]1C(=O)N[C@@H](Cc1c[nH]c2ccccc12)C(=O)N1CCC[C@H]1C(=O)O. The number of benzene rings is 1. The van der Waals surface area contributed by atoms with E-state index in [4.69, 9.17) is 10.8 Å². The molecule has 6 rings (SSSR count). The third-order valence-corrected chi connectivity index (χ3v) is 14.0. The molecule has 1 aromatic carbocycles. The first kappa shape index (κ1) is 62.4. The molecular formula is C51H69N15O16. The molecule has 3 aromatic heterocycles. The number of likely N-dealkylation sites (tertiary alicyclic amines) is 2. The molecule has 0 spiro atoms. The molecule has 0 unspecified atom stereocenters. The molecule has 9 amide bonds. The molecule has 12 atom stereocenters. The number of rotatable bonds is 28. The second kappa shape index (κ2) is 28.6. The van der Waals surface area contributed by atoms with Crippen molar-refractivity contribution in [2.24, 2.45) is 5.73 Å². The van der Waals surface area contributed by atoms with E-state index in [1.54, 1.807) is 6.20 Å². The van der Waals surface area contributed by atoms with Crippen LogP contribution in [-0.2, 0) is 72.0 Å². The number of aromatic amines is 3. The smallest absolute Gasteiger partial charge is 0.326 e. The van der Waals surface area contributed by atoms with Crippen molar-refractivity contribution in [1.29, 1.82) is 0 Å². The van der Waals surface area contributed by atoms with Crippen LogP contribution < -0.4 is 43.0 Å². The number of imidazole rings is 2. The number of nitrogens with zero attached hydrogens (tertiary/aromatic N) is 4. The van der Waals surface area contributed by atoms with Crippen molar-refractivity contribution in [1.82, 2.24) is 71.9 Å². The Kier molecular flexibility index (Phi) is 21.7. The van der Waals surface area contributed by atoms with Crippen molar-refractivity contribution in [3.63, 3.8) is 0 Å². The maximum atomic E-state index is 14.2. The van der Waals surface area contributed by atoms with Crippen molar-refractivity contribution < 1.29 is 78.3 Å². The van der Waals surface area contributed by atoms with Gasteiger partial charge in [-0.2, -0.15) is 0 Å². The number of carbonyl (C=O) groups excluding carboxylic acids is 9. The van der Waals surface area contributed by atoms with Crippen molar-refractivity contribution >= 4 is 76.0 Å². The molecule has 2 saturated heterocycles. The molecule has 0 bridgehead atoms. The van der Waals surface area contributed by atoms with Gasteiger partial charge in [-0.05, 0) is 58.1 Å². The number of carboxylic acid groups (broad SMARTS) is 2. The summed E-state index contributed by atoms with van der Waals surface area (Å²) >= 11 is 0. The van der Waals surface area contributed by atoms with Crippen LogP contribution in [0.25, 0.3) is 10.9 Å². The summed E-state index contributed by atoms with van der Waals surface area (Å²) < 4.78 is 0. The predicted molar refractivity (Wildman–Crippen MR) is 284 cm³/mol. The number of aromatic nitrogens is 5. The number of carbonyl (C=O) groups is 11. The number of amides is 9. The molecule has 31 heteroatoms. The normalized spacial score (nSPS) is 18.7. The summed E-state index contributed by atoms with van der Waals surface area (Å²) in [5.74, 6) is -11.3. The quantitative estimate of drug-likeness (QED) is 0.0253. The first-order chi connectivity index (χ1) is 39.0. The lowest BCUT2D eigenvalue weighted by Crippen LogP contribution is -2.63. The molecule has 31 nitrogen and oxygen atoms in total. The number of hydrogen-bond acceptors (Lipinski definition) is 17. The number of carboxylic acids is 2. The minimum atomic E-state index is -1.87. The number of fused-ring (bicyclic) bond motifs is 1. The standard InChI is InChI=1S/C51H69N15O16/c1-24(49(79)65-12-6-10-37(65)46(76)61-35(50(80)66-13-7-11-38(66)51(81)82)14-27-18-55-32-9-5-4-8-30(27)32)58-43(73)33(15-28-19-53-22-56-28)59-47(77)40(25(2)68)63-44(74)34(16-29-20-54-23-57-29)60-48(78)41(26(3)69)64-45(75)36(21-67)62-42(72)31(52)17-39(70)71/h4-5,8-9,18-20,22-26,31,33-38,40-41,55,67-69H,6-7,10-17,21,52H2,1-3H3,(H,53,56)(H,54,57)(H,58,73)(H,59,77)(H,60,78)(H,61,76)(H,62,72)(H,63,74)(H,64,75)(H,70,71)(H,81,82)/t24-,25+,26+,31-,33-,34-,35-,36-,37-,38-,40-,41-/m0/s1. The Labute approximate surface area is 467 Å². The van der Waals surface area contributed by atoms with Gasteiger partial charge in [0.2, 0.25) is 53.2 Å². The minimum absolute atomic E-state index is 0.00335. The van der Waals surface area contributed by atoms with E-state index in [0.717, 1.165) is 24.8 Å². The van der Waals surface area contributed by atoms with Gasteiger partial charge >= 0.3 is 11.9 Å². The number of aliphatic hydroxyl groups excluding tert-OH is 3. The monoisotopic (exact) mass is 1150 g/mol. The van der Waals surface area contributed by atoms with E-state index >= 15 is 0 Å². The Balaban J connectivity index is 1.14. The summed E-state index contributed by atoms with van der Waals surface area (Å²) in [6.45, 7) is 2.79. The predicted octanol–water partition coefficient (Wildman–Crippen LogP) is -5.32. The highest BCUT2D eigenvalue weighted by Crippen LogP contribution is 2.25. The highest BCUT2D eigenvalue weighted by Gasteiger charge is 2.43. The highest BCUT2D eigenvalue weighted by molar-refractivity contribution is 5.99. The van der Waals surface area contributed by atoms with Crippen LogP contribution >= 0.6 is 0 Å². The number of aliphatic carboxylic acids is 2. The fraction of sp³-hybridized carbons (Fsp3) is 0.510. The Bertz CT molecular complexity index is 2930. The summed E-state index contributed by atoms with van der Waals surface area (Å²) in [7, 11) is 0. The lowest BCUT2D eigenvalue weighted by molar-refractivity contribution is -0.149. The maximum absolute atomic E-state index is 14.2. The Morgan fingerprint density at radius 2 is 1.13 bits per heavy atom. The fourth-order valence-electron chi connectivity index (χ4n) is 9.65. The molecule has 17 N–H and O–H groups in total. The van der Waals surface area contributed by atoms with E-state index in [9.17, 15) is 73.2 Å². The first-order valence-electron chi connectivity index (χ1n) is 26.4. The van der Waals surface area contributed by atoms with Gasteiger partial charge in [-0.3, -0.25) is 47.9 Å². The number of nitrogens with one attached hydrogen (secondary N) is 10.